The number of pyridine rings is 1. The summed E-state index contributed by atoms with van der Waals surface area (Å²) < 4.78 is 2.83. The van der Waals surface area contributed by atoms with Crippen LogP contribution in [0.1, 0.15) is 30.3 Å². The van der Waals surface area contributed by atoms with Gasteiger partial charge in [0.05, 0.1) is 5.25 Å². The molecule has 0 radical (unpaired) electrons. The average molecular weight is 298 g/mol. The summed E-state index contributed by atoms with van der Waals surface area (Å²) in [6.07, 6.45) is 3.84. The third-order valence-electron chi connectivity index (χ3n) is 2.80. The van der Waals surface area contributed by atoms with Crippen LogP contribution in [0.4, 0.5) is 0 Å². The Bertz CT molecular complexity index is 505. The number of nitrogens with zero attached hydrogens (tertiary/aromatic N) is 3. The highest BCUT2D eigenvalue weighted by Gasteiger charge is 2.20. The maximum absolute atomic E-state index is 4.60. The molecule has 1 fully saturated rings. The third-order valence-corrected chi connectivity index (χ3v) is 4.77. The van der Waals surface area contributed by atoms with Crippen molar-refractivity contribution in [2.24, 2.45) is 0 Å². The summed E-state index contributed by atoms with van der Waals surface area (Å²) in [5.41, 5.74) is 0.926. The fraction of sp³-hybridized carbons (Fsp3) is 0.455. The van der Waals surface area contributed by atoms with Gasteiger partial charge in [-0.1, -0.05) is 12.5 Å². The smallest absolute Gasteiger partial charge is 0.164 e. The van der Waals surface area contributed by atoms with Gasteiger partial charge in [0.1, 0.15) is 4.60 Å². The first-order valence-electron chi connectivity index (χ1n) is 5.47. The van der Waals surface area contributed by atoms with Crippen LogP contribution in [0.5, 0.6) is 0 Å². The molecule has 0 aliphatic carbocycles. The molecule has 1 atom stereocenters. The molecule has 0 aromatic carbocycles. The van der Waals surface area contributed by atoms with Crippen molar-refractivity contribution in [3.8, 4) is 0 Å². The number of aromatic nitrogens is 3. The average Bonchev–Trinajstić information content (AvgIpc) is 2.76. The predicted octanol–water partition coefficient (Wildman–Crippen LogP) is 3.45. The van der Waals surface area contributed by atoms with E-state index in [9.17, 15) is 0 Å². The van der Waals surface area contributed by atoms with Gasteiger partial charge in [-0.25, -0.2) is 9.50 Å². The van der Waals surface area contributed by atoms with Crippen LogP contribution < -0.4 is 0 Å². The van der Waals surface area contributed by atoms with Gasteiger partial charge in [0.15, 0.2) is 11.5 Å². The van der Waals surface area contributed by atoms with Gasteiger partial charge in [0.25, 0.3) is 0 Å². The molecule has 5 heteroatoms. The van der Waals surface area contributed by atoms with Gasteiger partial charge in [0.2, 0.25) is 0 Å². The molecule has 0 spiro atoms. The first kappa shape index (κ1) is 10.6. The van der Waals surface area contributed by atoms with E-state index in [4.69, 9.17) is 0 Å². The van der Waals surface area contributed by atoms with Gasteiger partial charge < -0.3 is 0 Å². The molecule has 0 amide bonds. The first-order chi connectivity index (χ1) is 7.84. The van der Waals surface area contributed by atoms with Crippen molar-refractivity contribution in [3.63, 3.8) is 0 Å². The summed E-state index contributed by atoms with van der Waals surface area (Å²) in [4.78, 5) is 4.60. The summed E-state index contributed by atoms with van der Waals surface area (Å²) in [6, 6.07) is 5.97. The van der Waals surface area contributed by atoms with Gasteiger partial charge in [-0.05, 0) is 46.7 Å². The van der Waals surface area contributed by atoms with Gasteiger partial charge in [-0.3, -0.25) is 0 Å². The minimum absolute atomic E-state index is 0.487. The second-order valence-corrected chi connectivity index (χ2v) is 6.07. The molecule has 84 valence electrons. The zero-order valence-corrected chi connectivity index (χ0v) is 11.2. The Kier molecular flexibility index (Phi) is 2.90. The van der Waals surface area contributed by atoms with Crippen molar-refractivity contribution in [2.45, 2.75) is 24.5 Å². The van der Waals surface area contributed by atoms with Crippen LogP contribution in [0, 0.1) is 0 Å². The molecule has 2 aromatic rings. The lowest BCUT2D eigenvalue weighted by atomic mass is 10.2. The molecular weight excluding hydrogens is 286 g/mol. The molecule has 16 heavy (non-hydrogen) atoms. The zero-order chi connectivity index (χ0) is 11.0. The van der Waals surface area contributed by atoms with Gasteiger partial charge in [-0.15, -0.1) is 5.10 Å². The normalized spacial score (nSPS) is 21.4. The van der Waals surface area contributed by atoms with E-state index in [0.717, 1.165) is 16.1 Å². The van der Waals surface area contributed by atoms with Gasteiger partial charge in [0, 0.05) is 0 Å². The van der Waals surface area contributed by atoms with Crippen LogP contribution in [0.2, 0.25) is 0 Å². The predicted molar refractivity (Wildman–Crippen MR) is 69.7 cm³/mol. The van der Waals surface area contributed by atoms with E-state index in [1.165, 1.54) is 25.0 Å². The SMILES string of the molecule is Brc1cccc2nc(C3CCCCS3)nn12. The standard InChI is InChI=1S/C11H12BrN3S/c12-9-5-3-6-10-13-11(14-15(9)10)8-4-1-2-7-16-8/h3,5-6,8H,1-2,4,7H2. The number of fused-ring (bicyclic) bond motifs is 1. The minimum Gasteiger partial charge on any atom is -0.211 e. The lowest BCUT2D eigenvalue weighted by Gasteiger charge is -2.17. The van der Waals surface area contributed by atoms with Crippen LogP contribution in [0.15, 0.2) is 22.8 Å². The van der Waals surface area contributed by atoms with Crippen LogP contribution >= 0.6 is 27.7 Å². The summed E-state index contributed by atoms with van der Waals surface area (Å²) >= 11 is 5.47. The lowest BCUT2D eigenvalue weighted by molar-refractivity contribution is 0.660. The van der Waals surface area contributed by atoms with Crippen LogP contribution in [-0.2, 0) is 0 Å². The minimum atomic E-state index is 0.487. The van der Waals surface area contributed by atoms with E-state index in [-0.39, 0.29) is 0 Å². The topological polar surface area (TPSA) is 30.2 Å². The fourth-order valence-electron chi connectivity index (χ4n) is 1.97. The molecule has 3 nitrogen and oxygen atoms in total. The zero-order valence-electron chi connectivity index (χ0n) is 8.77. The molecule has 1 aliphatic rings. The van der Waals surface area contributed by atoms with E-state index >= 15 is 0 Å². The van der Waals surface area contributed by atoms with Crippen molar-refractivity contribution in [1.82, 2.24) is 14.6 Å². The van der Waals surface area contributed by atoms with Crippen molar-refractivity contribution in [2.75, 3.05) is 5.75 Å². The van der Waals surface area contributed by atoms with E-state index in [0.29, 0.717) is 5.25 Å². The molecule has 2 aromatic heterocycles. The second kappa shape index (κ2) is 4.37. The highest BCUT2D eigenvalue weighted by Crippen LogP contribution is 2.36. The molecule has 3 heterocycles. The maximum Gasteiger partial charge on any atom is 0.164 e. The molecular formula is C11H12BrN3S. The van der Waals surface area contributed by atoms with Crippen molar-refractivity contribution in [1.29, 1.82) is 0 Å². The van der Waals surface area contributed by atoms with Gasteiger partial charge in [-0.2, -0.15) is 11.8 Å². The number of hydrogen-bond acceptors (Lipinski definition) is 3. The number of halogens is 1. The van der Waals surface area contributed by atoms with E-state index in [2.05, 4.69) is 26.0 Å². The maximum atomic E-state index is 4.60. The summed E-state index contributed by atoms with van der Waals surface area (Å²) in [6.45, 7) is 0. The van der Waals surface area contributed by atoms with Crippen LogP contribution in [0.25, 0.3) is 5.65 Å². The van der Waals surface area contributed by atoms with E-state index in [1.54, 1.807) is 0 Å². The monoisotopic (exact) mass is 297 g/mol. The summed E-state index contributed by atoms with van der Waals surface area (Å²) in [7, 11) is 0. The fourth-order valence-corrected chi connectivity index (χ4v) is 3.62. The Labute approximate surface area is 107 Å². The first-order valence-corrected chi connectivity index (χ1v) is 7.31. The lowest BCUT2D eigenvalue weighted by Crippen LogP contribution is -2.04. The summed E-state index contributed by atoms with van der Waals surface area (Å²) in [5.74, 6) is 2.22. The quantitative estimate of drug-likeness (QED) is 0.755. The number of thioether (sulfide) groups is 1. The number of rotatable bonds is 1. The van der Waals surface area contributed by atoms with E-state index in [1.807, 2.05) is 34.5 Å². The Hall–Kier alpha value is -0.550. The molecule has 1 saturated heterocycles. The van der Waals surface area contributed by atoms with Crippen LogP contribution in [-0.4, -0.2) is 20.4 Å². The van der Waals surface area contributed by atoms with Gasteiger partial charge >= 0.3 is 0 Å². The Balaban J connectivity index is 2.01. The van der Waals surface area contributed by atoms with E-state index < -0.39 is 0 Å². The second-order valence-electron chi connectivity index (χ2n) is 3.94. The highest BCUT2D eigenvalue weighted by atomic mass is 79.9. The number of hydrogen-bond donors (Lipinski definition) is 0. The van der Waals surface area contributed by atoms with Crippen molar-refractivity contribution >= 4 is 33.3 Å². The Morgan fingerprint density at radius 2 is 2.31 bits per heavy atom. The molecule has 1 unspecified atom stereocenters. The van der Waals surface area contributed by atoms with Crippen molar-refractivity contribution in [3.05, 3.63) is 28.6 Å². The van der Waals surface area contributed by atoms with Crippen molar-refractivity contribution < 1.29 is 0 Å². The largest absolute Gasteiger partial charge is 0.211 e. The molecule has 3 rings (SSSR count). The third kappa shape index (κ3) is 1.86. The molecule has 0 saturated carbocycles. The molecule has 0 N–H and O–H groups in total. The van der Waals surface area contributed by atoms with Crippen LogP contribution in [0.3, 0.4) is 0 Å². The highest BCUT2D eigenvalue weighted by molar-refractivity contribution is 9.10. The Morgan fingerprint density at radius 3 is 3.06 bits per heavy atom. The molecule has 0 bridgehead atoms. The Morgan fingerprint density at radius 1 is 1.38 bits per heavy atom. The summed E-state index contributed by atoms with van der Waals surface area (Å²) in [5, 5.41) is 5.06. The molecule has 1 aliphatic heterocycles.